The van der Waals surface area contributed by atoms with Crippen molar-refractivity contribution in [2.45, 2.75) is 26.3 Å². The molecule has 4 aromatic rings. The number of methoxy groups -OCH3 is 1. The second-order valence-electron chi connectivity index (χ2n) is 9.96. The van der Waals surface area contributed by atoms with E-state index in [1.165, 1.54) is 23.8 Å². The highest BCUT2D eigenvalue weighted by molar-refractivity contribution is 5.90. The first kappa shape index (κ1) is 27.3. The molecule has 0 amide bonds. The van der Waals surface area contributed by atoms with Crippen LogP contribution in [0.15, 0.2) is 53.6 Å². The topological polar surface area (TPSA) is 81.4 Å². The number of pyridine rings is 2. The maximum atomic E-state index is 15.0. The van der Waals surface area contributed by atoms with Gasteiger partial charge >= 0.3 is 5.97 Å². The molecule has 40 heavy (non-hydrogen) atoms. The number of halogens is 2. The molecule has 8 nitrogen and oxygen atoms in total. The third-order valence-corrected chi connectivity index (χ3v) is 7.75. The predicted molar refractivity (Wildman–Crippen MR) is 151 cm³/mol. The van der Waals surface area contributed by atoms with Gasteiger partial charge in [-0.05, 0) is 61.7 Å². The summed E-state index contributed by atoms with van der Waals surface area (Å²) < 4.78 is 37.7. The van der Waals surface area contributed by atoms with E-state index in [-0.39, 0.29) is 17.3 Å². The average Bonchev–Trinajstić information content (AvgIpc) is 3.30. The molecular formula is C30H31F2N5O3. The Hall–Kier alpha value is -4.31. The molecule has 1 N–H and O–H groups in total. The van der Waals surface area contributed by atoms with Gasteiger partial charge in [-0.25, -0.2) is 14.2 Å². The molecule has 0 radical (unpaired) electrons. The van der Waals surface area contributed by atoms with E-state index in [4.69, 9.17) is 4.74 Å². The summed E-state index contributed by atoms with van der Waals surface area (Å²) >= 11 is 0. The number of carbonyl (C=O) groups excluding carboxylic acids is 1. The van der Waals surface area contributed by atoms with Gasteiger partial charge in [0.2, 0.25) is 5.82 Å². The van der Waals surface area contributed by atoms with Crippen LogP contribution >= 0.6 is 0 Å². The fourth-order valence-electron chi connectivity index (χ4n) is 5.57. The second kappa shape index (κ2) is 10.7. The SMILES string of the molecule is CNc1ccn(-c2ccnc3c2cc([C@H](C)N2CC=C(c4c(C)cc(C(=O)OC)cc4F)CC2)n3C)c(=O)c1F. The van der Waals surface area contributed by atoms with Crippen LogP contribution in [-0.2, 0) is 11.8 Å². The zero-order valence-electron chi connectivity index (χ0n) is 23.1. The van der Waals surface area contributed by atoms with Gasteiger partial charge in [-0.2, -0.15) is 4.39 Å². The van der Waals surface area contributed by atoms with Gasteiger partial charge < -0.3 is 14.6 Å². The first-order chi connectivity index (χ1) is 19.2. The van der Waals surface area contributed by atoms with E-state index in [0.29, 0.717) is 42.0 Å². The third kappa shape index (κ3) is 4.58. The number of ether oxygens (including phenoxy) is 1. The molecule has 0 saturated heterocycles. The molecule has 1 aliphatic heterocycles. The summed E-state index contributed by atoms with van der Waals surface area (Å²) in [7, 11) is 4.76. The maximum absolute atomic E-state index is 15.0. The number of nitrogens with one attached hydrogen (secondary N) is 1. The van der Waals surface area contributed by atoms with Crippen molar-refractivity contribution in [3.05, 3.63) is 93.2 Å². The van der Waals surface area contributed by atoms with Crippen molar-refractivity contribution in [2.75, 3.05) is 32.6 Å². The van der Waals surface area contributed by atoms with Gasteiger partial charge in [0, 0.05) is 62.3 Å². The molecular weight excluding hydrogens is 516 g/mol. The van der Waals surface area contributed by atoms with E-state index in [1.54, 1.807) is 38.5 Å². The minimum absolute atomic E-state index is 0.0161. The van der Waals surface area contributed by atoms with Crippen molar-refractivity contribution >= 4 is 28.3 Å². The summed E-state index contributed by atoms with van der Waals surface area (Å²) in [5.74, 6) is -1.85. The van der Waals surface area contributed by atoms with Crippen LogP contribution in [-0.4, -0.2) is 52.2 Å². The number of fused-ring (bicyclic) bond motifs is 1. The highest BCUT2D eigenvalue weighted by Gasteiger charge is 2.25. The third-order valence-electron chi connectivity index (χ3n) is 7.75. The van der Waals surface area contributed by atoms with Crippen molar-refractivity contribution in [2.24, 2.45) is 7.05 Å². The van der Waals surface area contributed by atoms with Crippen LogP contribution < -0.4 is 10.9 Å². The maximum Gasteiger partial charge on any atom is 0.337 e. The smallest absolute Gasteiger partial charge is 0.337 e. The van der Waals surface area contributed by atoms with Crippen molar-refractivity contribution in [3.8, 4) is 5.69 Å². The monoisotopic (exact) mass is 547 g/mol. The average molecular weight is 548 g/mol. The van der Waals surface area contributed by atoms with Gasteiger partial charge in [0.25, 0.3) is 5.56 Å². The minimum Gasteiger partial charge on any atom is -0.465 e. The lowest BCUT2D eigenvalue weighted by atomic mass is 9.93. The Morgan fingerprint density at radius 2 is 1.98 bits per heavy atom. The Balaban J connectivity index is 1.45. The van der Waals surface area contributed by atoms with Crippen LogP contribution in [0.3, 0.4) is 0 Å². The quantitative estimate of drug-likeness (QED) is 0.343. The van der Waals surface area contributed by atoms with Crippen LogP contribution in [0.5, 0.6) is 0 Å². The molecule has 208 valence electrons. The Morgan fingerprint density at radius 3 is 2.62 bits per heavy atom. The highest BCUT2D eigenvalue weighted by Crippen LogP contribution is 2.34. The Kier molecular flexibility index (Phi) is 7.29. The highest BCUT2D eigenvalue weighted by atomic mass is 19.1. The van der Waals surface area contributed by atoms with Crippen LogP contribution in [0, 0.1) is 18.6 Å². The molecule has 10 heteroatoms. The molecule has 0 fully saturated rings. The van der Waals surface area contributed by atoms with Gasteiger partial charge in [-0.1, -0.05) is 6.08 Å². The molecule has 0 bridgehead atoms. The van der Waals surface area contributed by atoms with E-state index >= 15 is 4.39 Å². The summed E-state index contributed by atoms with van der Waals surface area (Å²) in [5.41, 5.74) is 3.93. The first-order valence-electron chi connectivity index (χ1n) is 13.0. The molecule has 0 aliphatic carbocycles. The number of aryl methyl sites for hydroxylation is 2. The molecule has 1 aromatic carbocycles. The fraction of sp³-hybridized carbons (Fsp3) is 0.300. The molecule has 3 aromatic heterocycles. The lowest BCUT2D eigenvalue weighted by Crippen LogP contribution is -2.32. The van der Waals surface area contributed by atoms with Gasteiger partial charge in [-0.3, -0.25) is 14.3 Å². The van der Waals surface area contributed by atoms with Crippen LogP contribution in [0.4, 0.5) is 14.5 Å². The standard InChI is InChI=1S/C30H31F2N5O3/c1-17-14-20(30(39)40-5)15-22(31)26(17)19-7-11-36(12-8-19)18(2)25-16-21-24(6-10-34-28(21)35(25)4)37-13-9-23(33-3)27(32)29(37)38/h6-7,9-10,13-16,18,33H,8,11-12H2,1-5H3/t18-/m0/s1. The lowest BCUT2D eigenvalue weighted by molar-refractivity contribution is 0.0600. The van der Waals surface area contributed by atoms with Crippen molar-refractivity contribution < 1.29 is 18.3 Å². The molecule has 0 unspecified atom stereocenters. The molecule has 5 rings (SSSR count). The first-order valence-corrected chi connectivity index (χ1v) is 13.0. The summed E-state index contributed by atoms with van der Waals surface area (Å²) in [4.78, 5) is 31.5. The summed E-state index contributed by atoms with van der Waals surface area (Å²) in [5, 5.41) is 3.43. The number of aromatic nitrogens is 3. The number of hydrogen-bond acceptors (Lipinski definition) is 6. The number of rotatable bonds is 6. The van der Waals surface area contributed by atoms with E-state index < -0.39 is 23.2 Å². The summed E-state index contributed by atoms with van der Waals surface area (Å²) in [6.07, 6.45) is 5.83. The Bertz CT molecular complexity index is 1700. The fourth-order valence-corrected chi connectivity index (χ4v) is 5.57. The summed E-state index contributed by atoms with van der Waals surface area (Å²) in [6.45, 7) is 5.19. The number of benzene rings is 1. The molecule has 1 aliphatic rings. The molecule has 0 saturated carbocycles. The van der Waals surface area contributed by atoms with Gasteiger partial charge in [-0.15, -0.1) is 0 Å². The number of anilines is 1. The number of carbonyl (C=O) groups is 1. The Morgan fingerprint density at radius 1 is 1.20 bits per heavy atom. The van der Waals surface area contributed by atoms with Gasteiger partial charge in [0.1, 0.15) is 11.5 Å². The van der Waals surface area contributed by atoms with E-state index in [2.05, 4.69) is 22.1 Å². The van der Waals surface area contributed by atoms with Crippen molar-refractivity contribution in [1.29, 1.82) is 0 Å². The van der Waals surface area contributed by atoms with Gasteiger partial charge in [0.15, 0.2) is 0 Å². The predicted octanol–water partition coefficient (Wildman–Crippen LogP) is 4.99. The zero-order chi connectivity index (χ0) is 28.7. The van der Waals surface area contributed by atoms with E-state index in [1.807, 2.05) is 23.8 Å². The van der Waals surface area contributed by atoms with E-state index in [0.717, 1.165) is 16.7 Å². The van der Waals surface area contributed by atoms with Crippen molar-refractivity contribution in [3.63, 3.8) is 0 Å². The van der Waals surface area contributed by atoms with Crippen LogP contribution in [0.25, 0.3) is 22.3 Å². The van der Waals surface area contributed by atoms with Gasteiger partial charge in [0.05, 0.1) is 24.0 Å². The molecule has 0 spiro atoms. The normalized spacial score (nSPS) is 14.7. The van der Waals surface area contributed by atoms with E-state index in [9.17, 15) is 14.0 Å². The zero-order valence-corrected chi connectivity index (χ0v) is 23.1. The summed E-state index contributed by atoms with van der Waals surface area (Å²) in [6, 6.07) is 8.10. The minimum atomic E-state index is -0.845. The lowest BCUT2D eigenvalue weighted by Gasteiger charge is -2.32. The number of hydrogen-bond donors (Lipinski definition) is 1. The van der Waals surface area contributed by atoms with Crippen molar-refractivity contribution in [1.82, 2.24) is 19.0 Å². The number of esters is 1. The van der Waals surface area contributed by atoms with Crippen LogP contribution in [0.2, 0.25) is 0 Å². The largest absolute Gasteiger partial charge is 0.465 e. The molecule has 1 atom stereocenters. The van der Waals surface area contributed by atoms with Crippen LogP contribution in [0.1, 0.15) is 46.6 Å². The second-order valence-corrected chi connectivity index (χ2v) is 9.96. The molecule has 4 heterocycles. The number of nitrogens with zero attached hydrogens (tertiary/aromatic N) is 4. The Labute approximate surface area is 230 Å².